The molecule has 1 aliphatic carbocycles. The molecule has 2 aliphatic rings. The summed E-state index contributed by atoms with van der Waals surface area (Å²) < 4.78 is 0. The maximum absolute atomic E-state index is 12.1. The van der Waals surface area contributed by atoms with Gasteiger partial charge >= 0.3 is 12.0 Å². The Hall–Kier alpha value is -2.04. The Kier molecular flexibility index (Phi) is 2.89. The lowest BCUT2D eigenvalue weighted by atomic mass is 10.1. The van der Waals surface area contributed by atoms with Crippen LogP contribution in [-0.4, -0.2) is 46.0 Å². The molecule has 0 atom stereocenters. The Morgan fingerprint density at radius 2 is 2.11 bits per heavy atom. The highest BCUT2D eigenvalue weighted by Gasteiger charge is 2.38. The van der Waals surface area contributed by atoms with Gasteiger partial charge in [-0.25, -0.2) is 9.59 Å². The number of hydrogen-bond donors (Lipinski definition) is 1. The SMILES string of the molecule is O=C(O)c1cccc(CN2CCN(C3CC3)C2=O)c1. The topological polar surface area (TPSA) is 60.9 Å². The first-order valence-electron chi connectivity index (χ1n) is 6.53. The van der Waals surface area contributed by atoms with Gasteiger partial charge in [0.05, 0.1) is 5.56 Å². The van der Waals surface area contributed by atoms with E-state index in [9.17, 15) is 9.59 Å². The molecule has 0 radical (unpaired) electrons. The average Bonchev–Trinajstić information content (AvgIpc) is 3.17. The lowest BCUT2D eigenvalue weighted by Gasteiger charge is -2.18. The summed E-state index contributed by atoms with van der Waals surface area (Å²) >= 11 is 0. The smallest absolute Gasteiger partial charge is 0.335 e. The number of urea groups is 1. The van der Waals surface area contributed by atoms with E-state index < -0.39 is 5.97 Å². The highest BCUT2D eigenvalue weighted by Crippen LogP contribution is 2.30. The van der Waals surface area contributed by atoms with Crippen LogP contribution in [0.2, 0.25) is 0 Å². The fourth-order valence-corrected chi connectivity index (χ4v) is 2.50. The minimum Gasteiger partial charge on any atom is -0.478 e. The lowest BCUT2D eigenvalue weighted by molar-refractivity contribution is 0.0696. The highest BCUT2D eigenvalue weighted by molar-refractivity contribution is 5.87. The van der Waals surface area contributed by atoms with Gasteiger partial charge < -0.3 is 14.9 Å². The quantitative estimate of drug-likeness (QED) is 0.897. The largest absolute Gasteiger partial charge is 0.478 e. The van der Waals surface area contributed by atoms with Crippen molar-refractivity contribution < 1.29 is 14.7 Å². The van der Waals surface area contributed by atoms with Crippen molar-refractivity contribution in [3.8, 4) is 0 Å². The van der Waals surface area contributed by atoms with Crippen molar-refractivity contribution in [2.24, 2.45) is 0 Å². The van der Waals surface area contributed by atoms with Gasteiger partial charge in [-0.2, -0.15) is 0 Å². The van der Waals surface area contributed by atoms with Crippen molar-refractivity contribution in [2.75, 3.05) is 13.1 Å². The number of aromatic carboxylic acids is 1. The lowest BCUT2D eigenvalue weighted by Crippen LogP contribution is -2.32. The van der Waals surface area contributed by atoms with E-state index in [1.54, 1.807) is 23.1 Å². The molecule has 1 N–H and O–H groups in total. The zero-order valence-electron chi connectivity index (χ0n) is 10.6. The van der Waals surface area contributed by atoms with Gasteiger partial charge in [-0.1, -0.05) is 12.1 Å². The molecule has 0 spiro atoms. The molecule has 1 heterocycles. The minimum atomic E-state index is -0.936. The van der Waals surface area contributed by atoms with Crippen LogP contribution in [0.3, 0.4) is 0 Å². The first kappa shape index (κ1) is 12.0. The van der Waals surface area contributed by atoms with Crippen LogP contribution in [0.5, 0.6) is 0 Å². The standard InChI is InChI=1S/C14H16N2O3/c17-13(18)11-3-1-2-10(8-11)9-15-6-7-16(14(15)19)12-4-5-12/h1-3,8,12H,4-7,9H2,(H,17,18). The van der Waals surface area contributed by atoms with E-state index in [1.165, 1.54) is 0 Å². The number of carboxylic acids is 1. The van der Waals surface area contributed by atoms with Crippen molar-refractivity contribution in [2.45, 2.75) is 25.4 Å². The van der Waals surface area contributed by atoms with Gasteiger partial charge in [0.25, 0.3) is 0 Å². The van der Waals surface area contributed by atoms with E-state index in [1.807, 2.05) is 11.0 Å². The van der Waals surface area contributed by atoms with E-state index in [-0.39, 0.29) is 11.6 Å². The summed E-state index contributed by atoms with van der Waals surface area (Å²) in [5.41, 5.74) is 1.13. The molecular weight excluding hydrogens is 244 g/mol. The molecule has 0 bridgehead atoms. The van der Waals surface area contributed by atoms with Crippen LogP contribution in [0.4, 0.5) is 4.79 Å². The predicted molar refractivity (Wildman–Crippen MR) is 68.9 cm³/mol. The second kappa shape index (κ2) is 4.57. The summed E-state index contributed by atoms with van der Waals surface area (Å²) in [6.07, 6.45) is 2.24. The normalized spacial score (nSPS) is 19.1. The molecule has 1 saturated heterocycles. The molecule has 2 amide bonds. The fourth-order valence-electron chi connectivity index (χ4n) is 2.50. The summed E-state index contributed by atoms with van der Waals surface area (Å²) in [7, 11) is 0. The Morgan fingerprint density at radius 1 is 1.32 bits per heavy atom. The second-order valence-corrected chi connectivity index (χ2v) is 5.13. The number of carbonyl (C=O) groups excluding carboxylic acids is 1. The van der Waals surface area contributed by atoms with Crippen LogP contribution in [0, 0.1) is 0 Å². The number of carboxylic acid groups (broad SMARTS) is 1. The number of hydrogen-bond acceptors (Lipinski definition) is 2. The van der Waals surface area contributed by atoms with Crippen molar-refractivity contribution in [1.82, 2.24) is 9.80 Å². The van der Waals surface area contributed by atoms with Gasteiger partial charge in [-0.05, 0) is 30.5 Å². The Morgan fingerprint density at radius 3 is 2.79 bits per heavy atom. The maximum atomic E-state index is 12.1. The first-order chi connectivity index (χ1) is 9.15. The van der Waals surface area contributed by atoms with Gasteiger partial charge in [0.1, 0.15) is 0 Å². The van der Waals surface area contributed by atoms with Crippen LogP contribution in [0.25, 0.3) is 0 Å². The third kappa shape index (κ3) is 2.41. The molecule has 5 heteroatoms. The zero-order valence-corrected chi connectivity index (χ0v) is 10.6. The Bertz CT molecular complexity index is 525. The molecule has 1 saturated carbocycles. The number of benzene rings is 1. The van der Waals surface area contributed by atoms with E-state index >= 15 is 0 Å². The minimum absolute atomic E-state index is 0.0863. The monoisotopic (exact) mass is 260 g/mol. The Balaban J connectivity index is 1.69. The zero-order chi connectivity index (χ0) is 13.4. The maximum Gasteiger partial charge on any atom is 0.335 e. The molecular formula is C14H16N2O3. The van der Waals surface area contributed by atoms with Crippen LogP contribution in [-0.2, 0) is 6.54 Å². The van der Waals surface area contributed by atoms with Gasteiger partial charge in [-0.15, -0.1) is 0 Å². The van der Waals surface area contributed by atoms with Crippen LogP contribution in [0.1, 0.15) is 28.8 Å². The highest BCUT2D eigenvalue weighted by atomic mass is 16.4. The van der Waals surface area contributed by atoms with Gasteiger partial charge in [0.2, 0.25) is 0 Å². The molecule has 0 aromatic heterocycles. The van der Waals surface area contributed by atoms with E-state index in [4.69, 9.17) is 5.11 Å². The number of amides is 2. The first-order valence-corrected chi connectivity index (χ1v) is 6.53. The van der Waals surface area contributed by atoms with Crippen LogP contribution >= 0.6 is 0 Å². The molecule has 19 heavy (non-hydrogen) atoms. The average molecular weight is 260 g/mol. The van der Waals surface area contributed by atoms with Crippen molar-refractivity contribution in [3.05, 3.63) is 35.4 Å². The third-order valence-electron chi connectivity index (χ3n) is 3.66. The summed E-state index contributed by atoms with van der Waals surface area (Å²) in [6, 6.07) is 7.31. The predicted octanol–water partition coefficient (Wildman–Crippen LogP) is 1.78. The summed E-state index contributed by atoms with van der Waals surface area (Å²) in [5, 5.41) is 8.96. The molecule has 0 unspecified atom stereocenters. The molecule has 1 aromatic carbocycles. The van der Waals surface area contributed by atoms with Crippen molar-refractivity contribution in [3.63, 3.8) is 0 Å². The number of nitrogens with zero attached hydrogens (tertiary/aromatic N) is 2. The molecule has 3 rings (SSSR count). The fraction of sp³-hybridized carbons (Fsp3) is 0.429. The summed E-state index contributed by atoms with van der Waals surface area (Å²) in [6.45, 7) is 2.01. The molecule has 100 valence electrons. The van der Waals surface area contributed by atoms with E-state index in [0.29, 0.717) is 12.6 Å². The van der Waals surface area contributed by atoms with Crippen molar-refractivity contribution >= 4 is 12.0 Å². The number of carbonyl (C=O) groups is 2. The van der Waals surface area contributed by atoms with Crippen LogP contribution < -0.4 is 0 Å². The number of rotatable bonds is 4. The van der Waals surface area contributed by atoms with E-state index in [2.05, 4.69) is 0 Å². The Labute approximate surface area is 111 Å². The summed E-state index contributed by atoms with van der Waals surface area (Å²) in [5.74, 6) is -0.936. The van der Waals surface area contributed by atoms with Crippen LogP contribution in [0.15, 0.2) is 24.3 Å². The molecule has 1 aliphatic heterocycles. The second-order valence-electron chi connectivity index (χ2n) is 5.13. The van der Waals surface area contributed by atoms with Gasteiger partial charge in [0, 0.05) is 25.7 Å². The molecule has 1 aromatic rings. The molecule has 2 fully saturated rings. The summed E-state index contributed by atoms with van der Waals surface area (Å²) in [4.78, 5) is 26.8. The van der Waals surface area contributed by atoms with Crippen molar-refractivity contribution in [1.29, 1.82) is 0 Å². The van der Waals surface area contributed by atoms with E-state index in [0.717, 1.165) is 31.5 Å². The van der Waals surface area contributed by atoms with Gasteiger partial charge in [-0.3, -0.25) is 0 Å². The third-order valence-corrected chi connectivity index (χ3v) is 3.66. The van der Waals surface area contributed by atoms with Gasteiger partial charge in [0.15, 0.2) is 0 Å². The molecule has 5 nitrogen and oxygen atoms in total.